The normalized spacial score (nSPS) is 15.4. The zero-order valence-corrected chi connectivity index (χ0v) is 17.5. The highest BCUT2D eigenvalue weighted by Crippen LogP contribution is 2.31. The fourth-order valence-electron chi connectivity index (χ4n) is 3.38. The number of benzene rings is 2. The Bertz CT molecular complexity index is 1110. The number of aryl methyl sites for hydroxylation is 2. The third kappa shape index (κ3) is 3.56. The maximum atomic E-state index is 12.5. The number of halogens is 1. The maximum Gasteiger partial charge on any atom is 0.224 e. The highest BCUT2D eigenvalue weighted by atomic mass is 35.5. The van der Waals surface area contributed by atoms with Gasteiger partial charge in [0.15, 0.2) is 12.0 Å². The number of carbonyl (C=O) groups excluding carboxylic acids is 1. The molecule has 2 aromatic carbocycles. The molecule has 0 unspecified atom stereocenters. The fraction of sp³-hybridized carbons (Fsp3) is 0.273. The first-order valence-corrected chi connectivity index (χ1v) is 9.90. The zero-order chi connectivity index (χ0) is 20.7. The zero-order valence-electron chi connectivity index (χ0n) is 16.8. The topological polar surface area (TPSA) is 72.2 Å². The smallest absolute Gasteiger partial charge is 0.224 e. The summed E-state index contributed by atoms with van der Waals surface area (Å²) in [7, 11) is 0. The molecular formula is C22H22ClN5O. The van der Waals surface area contributed by atoms with Crippen LogP contribution in [0.3, 0.4) is 0 Å². The van der Waals surface area contributed by atoms with E-state index in [4.69, 9.17) is 16.6 Å². The van der Waals surface area contributed by atoms with Crippen LogP contribution in [0.15, 0.2) is 47.5 Å². The molecule has 0 bridgehead atoms. The predicted molar refractivity (Wildman–Crippen MR) is 114 cm³/mol. The first-order valence-electron chi connectivity index (χ1n) is 9.52. The van der Waals surface area contributed by atoms with Crippen molar-refractivity contribution in [3.05, 3.63) is 75.8 Å². The van der Waals surface area contributed by atoms with Crippen molar-refractivity contribution in [2.45, 2.75) is 33.9 Å². The predicted octanol–water partition coefficient (Wildman–Crippen LogP) is 4.16. The van der Waals surface area contributed by atoms with E-state index in [0.717, 1.165) is 33.9 Å². The van der Waals surface area contributed by atoms with Crippen LogP contribution in [0.2, 0.25) is 5.02 Å². The summed E-state index contributed by atoms with van der Waals surface area (Å²) in [6, 6.07) is 13.7. The first kappa shape index (κ1) is 19.3. The van der Waals surface area contributed by atoms with Crippen LogP contribution in [0, 0.1) is 19.8 Å². The lowest BCUT2D eigenvalue weighted by molar-refractivity contribution is -0.124. The minimum atomic E-state index is -0.649. The lowest BCUT2D eigenvalue weighted by Crippen LogP contribution is -2.32. The van der Waals surface area contributed by atoms with Crippen LogP contribution in [0.4, 0.5) is 0 Å². The number of aromatic nitrogens is 3. The molecule has 148 valence electrons. The van der Waals surface area contributed by atoms with Gasteiger partial charge in [-0.3, -0.25) is 14.4 Å². The van der Waals surface area contributed by atoms with E-state index in [1.165, 1.54) is 0 Å². The van der Waals surface area contributed by atoms with E-state index < -0.39 is 6.17 Å². The molecule has 0 saturated heterocycles. The van der Waals surface area contributed by atoms with Gasteiger partial charge in [-0.1, -0.05) is 49.2 Å². The molecule has 7 heteroatoms. The monoisotopic (exact) mass is 407 g/mol. The van der Waals surface area contributed by atoms with Gasteiger partial charge in [0.2, 0.25) is 5.91 Å². The lowest BCUT2D eigenvalue weighted by Gasteiger charge is -2.15. The van der Waals surface area contributed by atoms with Gasteiger partial charge >= 0.3 is 0 Å². The summed E-state index contributed by atoms with van der Waals surface area (Å²) in [5.74, 6) is 1.06. The largest absolute Gasteiger partial charge is 0.328 e. The van der Waals surface area contributed by atoms with Crippen LogP contribution in [0.25, 0.3) is 5.69 Å². The number of hydrogen-bond donors (Lipinski definition) is 1. The number of hydrogen-bond acceptors (Lipinski definition) is 4. The molecule has 0 spiro atoms. The van der Waals surface area contributed by atoms with E-state index in [2.05, 4.69) is 27.6 Å². The molecule has 4 rings (SSSR count). The number of aliphatic imine (C=N–C) groups is 1. The van der Waals surface area contributed by atoms with Crippen molar-refractivity contribution in [1.82, 2.24) is 20.1 Å². The molecule has 1 aromatic heterocycles. The van der Waals surface area contributed by atoms with Crippen LogP contribution < -0.4 is 5.32 Å². The quantitative estimate of drug-likeness (QED) is 0.708. The summed E-state index contributed by atoms with van der Waals surface area (Å²) < 4.78 is 1.96. The Morgan fingerprint density at radius 3 is 2.52 bits per heavy atom. The van der Waals surface area contributed by atoms with Gasteiger partial charge in [0, 0.05) is 22.1 Å². The minimum absolute atomic E-state index is 0.0939. The molecule has 0 aliphatic carbocycles. The van der Waals surface area contributed by atoms with E-state index in [0.29, 0.717) is 10.8 Å². The lowest BCUT2D eigenvalue weighted by atomic mass is 9.98. The molecule has 29 heavy (non-hydrogen) atoms. The summed E-state index contributed by atoms with van der Waals surface area (Å²) in [5.41, 5.74) is 4.70. The molecule has 6 nitrogen and oxygen atoms in total. The van der Waals surface area contributed by atoms with Crippen molar-refractivity contribution in [1.29, 1.82) is 0 Å². The highest BCUT2D eigenvalue weighted by Gasteiger charge is 2.29. The summed E-state index contributed by atoms with van der Waals surface area (Å²) in [5, 5.41) is 12.3. The van der Waals surface area contributed by atoms with Crippen molar-refractivity contribution in [2.75, 3.05) is 0 Å². The van der Waals surface area contributed by atoms with E-state index in [1.54, 1.807) is 0 Å². The fourth-order valence-corrected chi connectivity index (χ4v) is 3.51. The molecular weight excluding hydrogens is 386 g/mol. The Kier molecular flexibility index (Phi) is 4.96. The number of fused-ring (bicyclic) bond motifs is 3. The average molecular weight is 408 g/mol. The Labute approximate surface area is 174 Å². The van der Waals surface area contributed by atoms with Crippen LogP contribution in [0.5, 0.6) is 0 Å². The van der Waals surface area contributed by atoms with Crippen LogP contribution in [-0.4, -0.2) is 26.4 Å². The Morgan fingerprint density at radius 2 is 1.83 bits per heavy atom. The van der Waals surface area contributed by atoms with Crippen LogP contribution in [0.1, 0.15) is 48.4 Å². The summed E-state index contributed by atoms with van der Waals surface area (Å²) in [4.78, 5) is 17.5. The van der Waals surface area contributed by atoms with Gasteiger partial charge in [-0.05, 0) is 38.1 Å². The van der Waals surface area contributed by atoms with E-state index in [1.807, 2.05) is 62.6 Å². The van der Waals surface area contributed by atoms with Crippen molar-refractivity contribution >= 4 is 23.2 Å². The van der Waals surface area contributed by atoms with E-state index in [9.17, 15) is 4.79 Å². The molecule has 3 aromatic rings. The third-order valence-corrected chi connectivity index (χ3v) is 5.17. The third-order valence-electron chi connectivity index (χ3n) is 4.92. The second-order valence-electron chi connectivity index (χ2n) is 7.51. The summed E-state index contributed by atoms with van der Waals surface area (Å²) in [6.45, 7) is 7.64. The maximum absolute atomic E-state index is 12.5. The SMILES string of the molecule is Cc1ccc2c(c1)C(c1ccc(Cl)cc1)=N[C@@H](NC(=O)C(C)C)c1nnc(C)n1-2. The Balaban J connectivity index is 1.97. The number of nitrogens with one attached hydrogen (secondary N) is 1. The molecule has 1 atom stereocenters. The standard InChI is InChI=1S/C22H22ClN5O/c1-12(2)22(29)25-20-21-27-26-14(4)28(21)18-10-5-13(3)11-17(18)19(24-20)15-6-8-16(23)9-7-15/h5-12,20H,1-4H3,(H,25,29)/t20-/m0/s1. The van der Waals surface area contributed by atoms with Crippen molar-refractivity contribution < 1.29 is 4.79 Å². The van der Waals surface area contributed by atoms with Gasteiger partial charge in [-0.15, -0.1) is 10.2 Å². The van der Waals surface area contributed by atoms with Gasteiger partial charge in [0.25, 0.3) is 0 Å². The van der Waals surface area contributed by atoms with E-state index in [-0.39, 0.29) is 11.8 Å². The molecule has 0 radical (unpaired) electrons. The molecule has 1 amide bonds. The van der Waals surface area contributed by atoms with Gasteiger partial charge in [-0.2, -0.15) is 0 Å². The Hall–Kier alpha value is -2.99. The Morgan fingerprint density at radius 1 is 1.10 bits per heavy atom. The van der Waals surface area contributed by atoms with Crippen molar-refractivity contribution in [3.63, 3.8) is 0 Å². The van der Waals surface area contributed by atoms with Gasteiger partial charge < -0.3 is 5.32 Å². The number of nitrogens with zero attached hydrogens (tertiary/aromatic N) is 4. The van der Waals surface area contributed by atoms with Gasteiger partial charge in [0.1, 0.15) is 5.82 Å². The molecule has 0 saturated carbocycles. The number of amides is 1. The molecule has 0 fully saturated rings. The summed E-state index contributed by atoms with van der Waals surface area (Å²) >= 11 is 6.10. The second-order valence-corrected chi connectivity index (χ2v) is 7.95. The number of rotatable bonds is 3. The van der Waals surface area contributed by atoms with Crippen LogP contribution in [-0.2, 0) is 4.79 Å². The average Bonchev–Trinajstić information content (AvgIpc) is 3.00. The molecule has 1 aliphatic heterocycles. The van der Waals surface area contributed by atoms with Crippen LogP contribution >= 0.6 is 11.6 Å². The highest BCUT2D eigenvalue weighted by molar-refractivity contribution is 6.30. The van der Waals surface area contributed by atoms with Gasteiger partial charge in [-0.25, -0.2) is 0 Å². The minimum Gasteiger partial charge on any atom is -0.328 e. The molecule has 2 heterocycles. The van der Waals surface area contributed by atoms with Crippen molar-refractivity contribution in [2.24, 2.45) is 10.9 Å². The molecule has 1 aliphatic rings. The first-order chi connectivity index (χ1) is 13.8. The summed E-state index contributed by atoms with van der Waals surface area (Å²) in [6.07, 6.45) is -0.649. The second kappa shape index (κ2) is 7.44. The van der Waals surface area contributed by atoms with Crippen molar-refractivity contribution in [3.8, 4) is 5.69 Å². The van der Waals surface area contributed by atoms with Gasteiger partial charge in [0.05, 0.1) is 11.4 Å². The van der Waals surface area contributed by atoms with E-state index >= 15 is 0 Å². The molecule has 1 N–H and O–H groups in total. The number of carbonyl (C=O) groups is 1.